The predicted molar refractivity (Wildman–Crippen MR) is 114 cm³/mol. The van der Waals surface area contributed by atoms with Gasteiger partial charge in [-0.25, -0.2) is 0 Å². The smallest absolute Gasteiger partial charge is 0.0169 e. The molecule has 1 aliphatic heterocycles. The number of hydrogen-bond donors (Lipinski definition) is 0. The topological polar surface area (TPSA) is 3.24 Å². The van der Waals surface area contributed by atoms with Crippen LogP contribution < -0.4 is 0 Å². The van der Waals surface area contributed by atoms with Gasteiger partial charge >= 0.3 is 0 Å². The van der Waals surface area contributed by atoms with Gasteiger partial charge in [0.15, 0.2) is 0 Å². The van der Waals surface area contributed by atoms with Crippen LogP contribution in [0.2, 0.25) is 0 Å². The molecule has 4 rings (SSSR count). The van der Waals surface area contributed by atoms with Crippen molar-refractivity contribution in [3.8, 4) is 0 Å². The van der Waals surface area contributed by atoms with E-state index in [1.165, 1.54) is 56.3 Å². The first-order chi connectivity index (χ1) is 12.4. The summed E-state index contributed by atoms with van der Waals surface area (Å²) in [7, 11) is 0. The second kappa shape index (κ2) is 9.39. The van der Waals surface area contributed by atoms with Gasteiger partial charge in [-0.2, -0.15) is 0 Å². The molecular formula is C24H30ClN. The van der Waals surface area contributed by atoms with Crippen molar-refractivity contribution in [2.24, 2.45) is 5.92 Å². The highest BCUT2D eigenvalue weighted by atomic mass is 35.5. The van der Waals surface area contributed by atoms with Crippen LogP contribution in [0.15, 0.2) is 66.7 Å². The summed E-state index contributed by atoms with van der Waals surface area (Å²) in [6.07, 6.45) is 9.20. The average Bonchev–Trinajstić information content (AvgIpc) is 2.70. The molecule has 1 saturated carbocycles. The molecule has 26 heavy (non-hydrogen) atoms. The van der Waals surface area contributed by atoms with Gasteiger partial charge < -0.3 is 0 Å². The van der Waals surface area contributed by atoms with E-state index in [0.29, 0.717) is 0 Å². The SMILES string of the molecule is C1=C(c2ccccc2)CCN(C[C@@H]2CCC[C@@H](c3ccccc3)C2)C1.Cl. The Hall–Kier alpha value is -1.57. The van der Waals surface area contributed by atoms with Gasteiger partial charge in [-0.15, -0.1) is 12.4 Å². The highest BCUT2D eigenvalue weighted by Crippen LogP contribution is 2.36. The lowest BCUT2D eigenvalue weighted by atomic mass is 9.77. The molecule has 2 heteroatoms. The third kappa shape index (κ3) is 4.78. The van der Waals surface area contributed by atoms with Crippen molar-refractivity contribution in [3.63, 3.8) is 0 Å². The highest BCUT2D eigenvalue weighted by molar-refractivity contribution is 5.85. The Morgan fingerprint density at radius 2 is 1.62 bits per heavy atom. The maximum absolute atomic E-state index is 2.67. The molecule has 0 N–H and O–H groups in total. The monoisotopic (exact) mass is 367 g/mol. The Bertz CT molecular complexity index is 695. The number of benzene rings is 2. The molecule has 2 atom stereocenters. The van der Waals surface area contributed by atoms with Crippen molar-refractivity contribution in [1.82, 2.24) is 4.90 Å². The third-order valence-electron chi connectivity index (χ3n) is 6.01. The lowest BCUT2D eigenvalue weighted by molar-refractivity contribution is 0.205. The molecule has 0 unspecified atom stereocenters. The van der Waals surface area contributed by atoms with Gasteiger partial charge in [-0.1, -0.05) is 73.2 Å². The fraction of sp³-hybridized carbons (Fsp3) is 0.417. The molecule has 2 aromatic rings. The molecule has 1 fully saturated rings. The lowest BCUT2D eigenvalue weighted by Gasteiger charge is -2.35. The molecule has 138 valence electrons. The molecule has 0 amide bonds. The molecule has 1 heterocycles. The van der Waals surface area contributed by atoms with Crippen LogP contribution in [0.1, 0.15) is 49.1 Å². The second-order valence-electron chi connectivity index (χ2n) is 7.75. The summed E-state index contributed by atoms with van der Waals surface area (Å²) in [5.74, 6) is 1.64. The Balaban J connectivity index is 0.00000196. The van der Waals surface area contributed by atoms with Crippen LogP contribution in [0, 0.1) is 5.92 Å². The minimum atomic E-state index is 0. The van der Waals surface area contributed by atoms with Crippen LogP contribution >= 0.6 is 12.4 Å². The first kappa shape index (κ1) is 19.2. The maximum Gasteiger partial charge on any atom is 0.0169 e. The summed E-state index contributed by atoms with van der Waals surface area (Å²) in [6, 6.07) is 22.0. The zero-order valence-electron chi connectivity index (χ0n) is 15.5. The number of halogens is 1. The zero-order chi connectivity index (χ0) is 16.9. The average molecular weight is 368 g/mol. The van der Waals surface area contributed by atoms with E-state index >= 15 is 0 Å². The summed E-state index contributed by atoms with van der Waals surface area (Å²) in [5, 5.41) is 0. The maximum atomic E-state index is 2.67. The van der Waals surface area contributed by atoms with E-state index in [1.807, 2.05) is 0 Å². The van der Waals surface area contributed by atoms with E-state index in [4.69, 9.17) is 0 Å². The Labute approximate surface area is 164 Å². The first-order valence-corrected chi connectivity index (χ1v) is 9.90. The second-order valence-corrected chi connectivity index (χ2v) is 7.75. The molecule has 1 nitrogen and oxygen atoms in total. The van der Waals surface area contributed by atoms with Crippen LogP contribution in [-0.4, -0.2) is 24.5 Å². The first-order valence-electron chi connectivity index (χ1n) is 9.90. The van der Waals surface area contributed by atoms with Crippen LogP contribution in [-0.2, 0) is 0 Å². The standard InChI is InChI=1S/C24H29N.ClH/c1-3-9-21(10-4-1)23-14-16-25(17-15-23)19-20-8-7-13-24(18-20)22-11-5-2-6-12-22;/h1-6,9-12,14,20,24H,7-8,13,15-19H2;1H/t20-,24-;/m1./s1. The Morgan fingerprint density at radius 3 is 2.31 bits per heavy atom. The van der Waals surface area contributed by atoms with E-state index in [-0.39, 0.29) is 12.4 Å². The summed E-state index contributed by atoms with van der Waals surface area (Å²) >= 11 is 0. The van der Waals surface area contributed by atoms with Gasteiger partial charge in [0, 0.05) is 19.6 Å². The van der Waals surface area contributed by atoms with E-state index in [9.17, 15) is 0 Å². The van der Waals surface area contributed by atoms with Gasteiger partial charge in [0.2, 0.25) is 0 Å². The minimum absolute atomic E-state index is 0. The van der Waals surface area contributed by atoms with Gasteiger partial charge in [-0.3, -0.25) is 4.90 Å². The molecule has 0 radical (unpaired) electrons. The lowest BCUT2D eigenvalue weighted by Crippen LogP contribution is -2.34. The van der Waals surface area contributed by atoms with Crippen LogP contribution in [0.5, 0.6) is 0 Å². The molecule has 0 saturated heterocycles. The van der Waals surface area contributed by atoms with E-state index in [2.05, 4.69) is 71.6 Å². The summed E-state index contributed by atoms with van der Waals surface area (Å²) < 4.78 is 0. The van der Waals surface area contributed by atoms with Gasteiger partial charge in [0.05, 0.1) is 0 Å². The Morgan fingerprint density at radius 1 is 0.885 bits per heavy atom. The zero-order valence-corrected chi connectivity index (χ0v) is 16.3. The molecule has 1 aliphatic carbocycles. The van der Waals surface area contributed by atoms with E-state index < -0.39 is 0 Å². The molecular weight excluding hydrogens is 338 g/mol. The van der Waals surface area contributed by atoms with Crippen molar-refractivity contribution >= 4 is 18.0 Å². The van der Waals surface area contributed by atoms with Crippen molar-refractivity contribution in [2.75, 3.05) is 19.6 Å². The van der Waals surface area contributed by atoms with Gasteiger partial charge in [-0.05, 0) is 54.2 Å². The quantitative estimate of drug-likeness (QED) is 0.624. The highest BCUT2D eigenvalue weighted by Gasteiger charge is 2.25. The van der Waals surface area contributed by atoms with Crippen molar-refractivity contribution in [2.45, 2.75) is 38.0 Å². The number of hydrogen-bond acceptors (Lipinski definition) is 1. The molecule has 0 bridgehead atoms. The summed E-state index contributed by atoms with van der Waals surface area (Å²) in [4.78, 5) is 2.67. The predicted octanol–water partition coefficient (Wildman–Crippen LogP) is 6.17. The van der Waals surface area contributed by atoms with Crippen LogP contribution in [0.3, 0.4) is 0 Å². The Kier molecular flexibility index (Phi) is 6.93. The minimum Gasteiger partial charge on any atom is -0.299 e. The van der Waals surface area contributed by atoms with Crippen molar-refractivity contribution < 1.29 is 0 Å². The number of nitrogens with zero attached hydrogens (tertiary/aromatic N) is 1. The largest absolute Gasteiger partial charge is 0.299 e. The third-order valence-corrected chi connectivity index (χ3v) is 6.01. The fourth-order valence-electron chi connectivity index (χ4n) is 4.64. The fourth-order valence-corrected chi connectivity index (χ4v) is 4.64. The van der Waals surface area contributed by atoms with E-state index in [1.54, 1.807) is 5.56 Å². The summed E-state index contributed by atoms with van der Waals surface area (Å²) in [6.45, 7) is 3.62. The van der Waals surface area contributed by atoms with E-state index in [0.717, 1.165) is 18.4 Å². The van der Waals surface area contributed by atoms with Gasteiger partial charge in [0.1, 0.15) is 0 Å². The molecule has 2 aromatic carbocycles. The molecule has 0 spiro atoms. The normalized spacial score (nSPS) is 23.8. The van der Waals surface area contributed by atoms with Crippen LogP contribution in [0.25, 0.3) is 5.57 Å². The van der Waals surface area contributed by atoms with Gasteiger partial charge in [0.25, 0.3) is 0 Å². The molecule has 0 aromatic heterocycles. The molecule has 2 aliphatic rings. The summed E-state index contributed by atoms with van der Waals surface area (Å²) in [5.41, 5.74) is 4.49. The van der Waals surface area contributed by atoms with Crippen molar-refractivity contribution in [1.29, 1.82) is 0 Å². The van der Waals surface area contributed by atoms with Crippen LogP contribution in [0.4, 0.5) is 0 Å². The van der Waals surface area contributed by atoms with Crippen molar-refractivity contribution in [3.05, 3.63) is 77.9 Å². The number of rotatable bonds is 4.